The number of rotatable bonds is 5. The van der Waals surface area contributed by atoms with Gasteiger partial charge in [-0.25, -0.2) is 0 Å². The number of hydrogen-bond acceptors (Lipinski definition) is 4. The van der Waals surface area contributed by atoms with Crippen molar-refractivity contribution >= 4 is 27.5 Å². The van der Waals surface area contributed by atoms with Gasteiger partial charge in [-0.3, -0.25) is 16.3 Å². The lowest BCUT2D eigenvalue weighted by molar-refractivity contribution is 0.405. The highest BCUT2D eigenvalue weighted by Crippen LogP contribution is 2.29. The second kappa shape index (κ2) is 7.04. The molecule has 1 unspecified atom stereocenters. The van der Waals surface area contributed by atoms with Crippen molar-refractivity contribution < 1.29 is 4.74 Å². The Morgan fingerprint density at radius 2 is 2.25 bits per heavy atom. The van der Waals surface area contributed by atoms with E-state index in [1.54, 1.807) is 19.4 Å². The number of halogens is 2. The normalized spacial score (nSPS) is 12.2. The number of benzene rings is 1. The minimum atomic E-state index is -0.141. The fourth-order valence-electron chi connectivity index (χ4n) is 2.02. The maximum absolute atomic E-state index is 6.05. The minimum absolute atomic E-state index is 0.141. The van der Waals surface area contributed by atoms with Gasteiger partial charge in [-0.2, -0.15) is 0 Å². The van der Waals surface area contributed by atoms with Crippen LogP contribution in [-0.2, 0) is 6.42 Å². The minimum Gasteiger partial charge on any atom is -0.496 e. The lowest BCUT2D eigenvalue weighted by Crippen LogP contribution is -2.30. The highest BCUT2D eigenvalue weighted by atomic mass is 79.9. The molecule has 0 aliphatic heterocycles. The Bertz CT molecular complexity index is 594. The standard InChI is InChI=1S/C14H15BrClN3O/c1-20-13-5-4-10(16)7-9(13)8-12(19-17)14-11(15)3-2-6-18-14/h2-7,12,19H,8,17H2,1H3. The molecule has 20 heavy (non-hydrogen) atoms. The van der Waals surface area contributed by atoms with Gasteiger partial charge in [0.05, 0.1) is 18.8 Å². The Balaban J connectivity index is 2.31. The maximum atomic E-state index is 6.05. The summed E-state index contributed by atoms with van der Waals surface area (Å²) in [5, 5.41) is 0.664. The quantitative estimate of drug-likeness (QED) is 0.638. The van der Waals surface area contributed by atoms with E-state index in [2.05, 4.69) is 26.3 Å². The third-order valence-electron chi connectivity index (χ3n) is 2.98. The monoisotopic (exact) mass is 355 g/mol. The number of methoxy groups -OCH3 is 1. The molecule has 1 heterocycles. The van der Waals surface area contributed by atoms with E-state index in [9.17, 15) is 0 Å². The predicted octanol–water partition coefficient (Wildman–Crippen LogP) is 3.25. The zero-order chi connectivity index (χ0) is 14.5. The van der Waals surface area contributed by atoms with Gasteiger partial charge in [0.1, 0.15) is 5.75 Å². The number of pyridine rings is 1. The molecule has 0 saturated heterocycles. The van der Waals surface area contributed by atoms with Crippen molar-refractivity contribution in [3.05, 3.63) is 57.3 Å². The first kappa shape index (κ1) is 15.3. The van der Waals surface area contributed by atoms with Crippen LogP contribution in [0.1, 0.15) is 17.3 Å². The number of hydrogen-bond donors (Lipinski definition) is 2. The van der Waals surface area contributed by atoms with Crippen LogP contribution in [0, 0.1) is 0 Å². The van der Waals surface area contributed by atoms with E-state index in [1.165, 1.54) is 0 Å². The van der Waals surface area contributed by atoms with Gasteiger partial charge < -0.3 is 4.74 Å². The Hall–Kier alpha value is -1.14. The van der Waals surface area contributed by atoms with E-state index in [1.807, 2.05) is 24.3 Å². The summed E-state index contributed by atoms with van der Waals surface area (Å²) in [6, 6.07) is 9.17. The zero-order valence-electron chi connectivity index (χ0n) is 10.9. The average molecular weight is 357 g/mol. The Labute approximate surface area is 131 Å². The van der Waals surface area contributed by atoms with Gasteiger partial charge in [-0.05, 0) is 58.2 Å². The van der Waals surface area contributed by atoms with Crippen molar-refractivity contribution in [1.82, 2.24) is 10.4 Å². The fraction of sp³-hybridized carbons (Fsp3) is 0.214. The average Bonchev–Trinajstić information content (AvgIpc) is 2.46. The first-order valence-corrected chi connectivity index (χ1v) is 7.21. The lowest BCUT2D eigenvalue weighted by Gasteiger charge is -2.18. The Morgan fingerprint density at radius 3 is 2.90 bits per heavy atom. The van der Waals surface area contributed by atoms with Crippen molar-refractivity contribution in [3.8, 4) is 5.75 Å². The van der Waals surface area contributed by atoms with E-state index in [-0.39, 0.29) is 6.04 Å². The molecule has 0 saturated carbocycles. The van der Waals surface area contributed by atoms with E-state index in [4.69, 9.17) is 22.2 Å². The van der Waals surface area contributed by atoms with Crippen LogP contribution in [0.15, 0.2) is 41.0 Å². The summed E-state index contributed by atoms with van der Waals surface area (Å²) in [6.07, 6.45) is 2.36. The summed E-state index contributed by atoms with van der Waals surface area (Å²) < 4.78 is 6.26. The van der Waals surface area contributed by atoms with E-state index >= 15 is 0 Å². The highest BCUT2D eigenvalue weighted by Gasteiger charge is 2.17. The van der Waals surface area contributed by atoms with E-state index in [0.717, 1.165) is 21.5 Å². The van der Waals surface area contributed by atoms with Crippen LogP contribution in [0.3, 0.4) is 0 Å². The first-order valence-electron chi connectivity index (χ1n) is 6.04. The molecule has 0 fully saturated rings. The summed E-state index contributed by atoms with van der Waals surface area (Å²) in [6.45, 7) is 0. The van der Waals surface area contributed by atoms with Gasteiger partial charge in [0, 0.05) is 15.7 Å². The molecule has 0 radical (unpaired) electrons. The molecule has 0 bridgehead atoms. The van der Waals surface area contributed by atoms with E-state index in [0.29, 0.717) is 11.4 Å². The fourth-order valence-corrected chi connectivity index (χ4v) is 2.74. The lowest BCUT2D eigenvalue weighted by atomic mass is 10.0. The van der Waals surface area contributed by atoms with Crippen LogP contribution in [0.5, 0.6) is 5.75 Å². The molecule has 2 aromatic rings. The van der Waals surface area contributed by atoms with Crippen molar-refractivity contribution in [2.45, 2.75) is 12.5 Å². The number of nitrogens with zero attached hydrogens (tertiary/aromatic N) is 1. The Morgan fingerprint density at radius 1 is 1.45 bits per heavy atom. The van der Waals surface area contributed by atoms with Crippen molar-refractivity contribution in [3.63, 3.8) is 0 Å². The van der Waals surface area contributed by atoms with Crippen LogP contribution in [0.2, 0.25) is 5.02 Å². The highest BCUT2D eigenvalue weighted by molar-refractivity contribution is 9.10. The summed E-state index contributed by atoms with van der Waals surface area (Å²) >= 11 is 9.53. The first-order chi connectivity index (χ1) is 9.65. The molecule has 3 N–H and O–H groups in total. The summed E-state index contributed by atoms with van der Waals surface area (Å²) in [4.78, 5) is 4.36. The largest absolute Gasteiger partial charge is 0.496 e. The van der Waals surface area contributed by atoms with Gasteiger partial charge in [0.25, 0.3) is 0 Å². The smallest absolute Gasteiger partial charge is 0.122 e. The second-order valence-corrected chi connectivity index (χ2v) is 5.54. The van der Waals surface area contributed by atoms with Gasteiger partial charge in [0.2, 0.25) is 0 Å². The van der Waals surface area contributed by atoms with Crippen molar-refractivity contribution in [2.24, 2.45) is 5.84 Å². The number of nitrogens with one attached hydrogen (secondary N) is 1. The number of hydrazine groups is 1. The third kappa shape index (κ3) is 3.49. The third-order valence-corrected chi connectivity index (χ3v) is 3.89. The Kier molecular flexibility index (Phi) is 5.37. The van der Waals surface area contributed by atoms with Crippen molar-refractivity contribution in [2.75, 3.05) is 7.11 Å². The maximum Gasteiger partial charge on any atom is 0.122 e. The zero-order valence-corrected chi connectivity index (χ0v) is 13.3. The van der Waals surface area contributed by atoms with Crippen LogP contribution in [0.4, 0.5) is 0 Å². The van der Waals surface area contributed by atoms with Crippen LogP contribution in [0.25, 0.3) is 0 Å². The summed E-state index contributed by atoms with van der Waals surface area (Å²) in [5.41, 5.74) is 4.60. The number of aromatic nitrogens is 1. The van der Waals surface area contributed by atoms with Crippen LogP contribution < -0.4 is 16.0 Å². The summed E-state index contributed by atoms with van der Waals surface area (Å²) in [5.74, 6) is 6.45. The van der Waals surface area contributed by atoms with Crippen LogP contribution >= 0.6 is 27.5 Å². The van der Waals surface area contributed by atoms with Gasteiger partial charge in [-0.15, -0.1) is 0 Å². The molecule has 0 amide bonds. The van der Waals surface area contributed by atoms with Crippen LogP contribution in [-0.4, -0.2) is 12.1 Å². The molecule has 0 spiro atoms. The molecule has 106 valence electrons. The van der Waals surface area contributed by atoms with Crippen molar-refractivity contribution in [1.29, 1.82) is 0 Å². The molecule has 4 nitrogen and oxygen atoms in total. The van der Waals surface area contributed by atoms with Gasteiger partial charge >= 0.3 is 0 Å². The predicted molar refractivity (Wildman–Crippen MR) is 83.7 cm³/mol. The topological polar surface area (TPSA) is 60.2 Å². The molecular formula is C14H15BrClN3O. The molecule has 1 atom stereocenters. The van der Waals surface area contributed by atoms with Gasteiger partial charge in [-0.1, -0.05) is 11.6 Å². The molecule has 0 aliphatic rings. The summed E-state index contributed by atoms with van der Waals surface area (Å²) in [7, 11) is 1.63. The number of ether oxygens (including phenoxy) is 1. The molecule has 1 aromatic carbocycles. The second-order valence-electron chi connectivity index (χ2n) is 4.25. The molecule has 0 aliphatic carbocycles. The molecule has 6 heteroatoms. The molecular weight excluding hydrogens is 342 g/mol. The van der Waals surface area contributed by atoms with Gasteiger partial charge in [0.15, 0.2) is 0 Å². The van der Waals surface area contributed by atoms with E-state index < -0.39 is 0 Å². The molecule has 2 rings (SSSR count). The molecule has 1 aromatic heterocycles. The number of nitrogens with two attached hydrogens (primary N) is 1. The SMILES string of the molecule is COc1ccc(Cl)cc1CC(NN)c1ncccc1Br.